The summed E-state index contributed by atoms with van der Waals surface area (Å²) >= 11 is 0. The van der Waals surface area contributed by atoms with Crippen LogP contribution in [0.4, 0.5) is 0 Å². The van der Waals surface area contributed by atoms with Crippen molar-refractivity contribution in [1.82, 2.24) is 0 Å². The predicted molar refractivity (Wildman–Crippen MR) is 47.3 cm³/mol. The summed E-state index contributed by atoms with van der Waals surface area (Å²) in [5.74, 6) is 0. The van der Waals surface area contributed by atoms with Gasteiger partial charge in [-0.05, 0) is 12.5 Å². The van der Waals surface area contributed by atoms with Crippen molar-refractivity contribution in [1.29, 1.82) is 0 Å². The lowest BCUT2D eigenvalue weighted by Crippen LogP contribution is -1.83. The highest BCUT2D eigenvalue weighted by atomic mass is 16.5. The Kier molecular flexibility index (Phi) is 18.3. The lowest BCUT2D eigenvalue weighted by molar-refractivity contribution is -0.104. The van der Waals surface area contributed by atoms with Crippen LogP contribution in [-0.4, -0.2) is 12.9 Å². The van der Waals surface area contributed by atoms with Gasteiger partial charge >= 0.3 is 0 Å². The van der Waals surface area contributed by atoms with E-state index in [1.54, 1.807) is 0 Å². The van der Waals surface area contributed by atoms with Gasteiger partial charge in [0, 0.05) is 0 Å². The number of unbranched alkanes of at least 4 members (excludes halogenated alkanes) is 1. The van der Waals surface area contributed by atoms with Gasteiger partial charge in [0.2, 0.25) is 0 Å². The fourth-order valence-electron chi connectivity index (χ4n) is 0.311. The van der Waals surface area contributed by atoms with Crippen LogP contribution in [0.2, 0.25) is 0 Å². The fourth-order valence-corrected chi connectivity index (χ4v) is 0.311. The van der Waals surface area contributed by atoms with E-state index in [0.29, 0.717) is 6.29 Å². The molecule has 0 amide bonds. The monoisotopic (exact) mass is 156 g/mol. The Morgan fingerprint density at radius 1 is 1.45 bits per heavy atom. The van der Waals surface area contributed by atoms with Crippen molar-refractivity contribution < 1.29 is 9.53 Å². The van der Waals surface area contributed by atoms with E-state index < -0.39 is 0 Å². The average molecular weight is 156 g/mol. The summed E-state index contributed by atoms with van der Waals surface area (Å²) in [5, 5.41) is 0. The number of hydrogen-bond acceptors (Lipinski definition) is 2. The molecular formula is C9H16O2. The lowest BCUT2D eigenvalue weighted by Gasteiger charge is -1.93. The van der Waals surface area contributed by atoms with Crippen LogP contribution in [0.15, 0.2) is 25.5 Å². The molecule has 0 aromatic rings. The molecule has 0 aliphatic heterocycles. The van der Waals surface area contributed by atoms with Crippen molar-refractivity contribution in [3.63, 3.8) is 0 Å². The molecule has 0 saturated carbocycles. The third kappa shape index (κ3) is 27.7. The number of aldehydes is 1. The molecule has 0 fully saturated rings. The molecule has 64 valence electrons. The van der Waals surface area contributed by atoms with Gasteiger partial charge < -0.3 is 4.74 Å². The normalized spacial score (nSPS) is 7.00. The predicted octanol–water partition coefficient (Wildman–Crippen LogP) is 2.32. The van der Waals surface area contributed by atoms with Crippen LogP contribution in [0.3, 0.4) is 0 Å². The second-order valence-corrected chi connectivity index (χ2v) is 1.76. The topological polar surface area (TPSA) is 26.3 Å². The van der Waals surface area contributed by atoms with E-state index in [4.69, 9.17) is 9.53 Å². The quantitative estimate of drug-likeness (QED) is 0.264. The number of carbonyl (C=O) groups excluding carboxylic acids is 1. The van der Waals surface area contributed by atoms with Gasteiger partial charge in [-0.1, -0.05) is 26.5 Å². The summed E-state index contributed by atoms with van der Waals surface area (Å²) in [6.07, 6.45) is 5.63. The van der Waals surface area contributed by atoms with Crippen molar-refractivity contribution >= 4 is 6.29 Å². The average Bonchev–Trinajstić information content (AvgIpc) is 2.06. The van der Waals surface area contributed by atoms with Crippen molar-refractivity contribution in [3.05, 3.63) is 25.5 Å². The molecule has 11 heavy (non-hydrogen) atoms. The van der Waals surface area contributed by atoms with E-state index in [0.717, 1.165) is 13.0 Å². The van der Waals surface area contributed by atoms with Crippen LogP contribution in [0.25, 0.3) is 0 Å². The maximum Gasteiger partial charge on any atom is 0.142 e. The number of carbonyl (C=O) groups is 1. The molecule has 0 saturated heterocycles. The van der Waals surface area contributed by atoms with E-state index in [2.05, 4.69) is 20.1 Å². The third-order valence-electron chi connectivity index (χ3n) is 0.830. The molecule has 0 aromatic heterocycles. The highest BCUT2D eigenvalue weighted by Crippen LogP contribution is 1.85. The van der Waals surface area contributed by atoms with E-state index >= 15 is 0 Å². The minimum atomic E-state index is 0.639. The molecule has 0 N–H and O–H groups in total. The van der Waals surface area contributed by atoms with Crippen molar-refractivity contribution in [2.45, 2.75) is 19.8 Å². The molecule has 0 atom stereocenters. The van der Waals surface area contributed by atoms with Crippen LogP contribution >= 0.6 is 0 Å². The molecule has 0 rings (SSSR count). The Labute approximate surface area is 68.6 Å². The summed E-state index contributed by atoms with van der Waals surface area (Å²) in [6, 6.07) is 0. The van der Waals surface area contributed by atoms with Gasteiger partial charge in [0.1, 0.15) is 6.29 Å². The molecule has 0 unspecified atom stereocenters. The lowest BCUT2D eigenvalue weighted by atomic mass is 10.4. The van der Waals surface area contributed by atoms with Crippen LogP contribution in [0.1, 0.15) is 19.8 Å². The molecule has 0 aliphatic carbocycles. The molecule has 0 radical (unpaired) electrons. The standard InChI is InChI=1S/C6H12O.C3H4O/c1-3-5-6-7-4-2;1-2-3-4/h4H,2-3,5-6H2,1H3;2-3H,1H2. The van der Waals surface area contributed by atoms with Gasteiger partial charge in [-0.25, -0.2) is 0 Å². The zero-order valence-electron chi connectivity index (χ0n) is 7.08. The maximum atomic E-state index is 9.06. The smallest absolute Gasteiger partial charge is 0.142 e. The second kappa shape index (κ2) is 16.0. The van der Waals surface area contributed by atoms with Gasteiger partial charge in [-0.2, -0.15) is 0 Å². The molecular weight excluding hydrogens is 140 g/mol. The Balaban J connectivity index is 0. The zero-order valence-corrected chi connectivity index (χ0v) is 7.08. The highest BCUT2D eigenvalue weighted by Gasteiger charge is 1.76. The van der Waals surface area contributed by atoms with Crippen molar-refractivity contribution in [3.8, 4) is 0 Å². The summed E-state index contributed by atoms with van der Waals surface area (Å²) in [6.45, 7) is 9.47. The van der Waals surface area contributed by atoms with Crippen LogP contribution in [0, 0.1) is 0 Å². The third-order valence-corrected chi connectivity index (χ3v) is 0.830. The second-order valence-electron chi connectivity index (χ2n) is 1.76. The highest BCUT2D eigenvalue weighted by molar-refractivity contribution is 5.63. The van der Waals surface area contributed by atoms with Crippen LogP contribution < -0.4 is 0 Å². The first-order chi connectivity index (χ1) is 5.33. The Bertz CT molecular complexity index is 91.7. The zero-order chi connectivity index (χ0) is 8.95. The van der Waals surface area contributed by atoms with Gasteiger partial charge in [-0.3, -0.25) is 4.79 Å². The van der Waals surface area contributed by atoms with E-state index in [1.807, 2.05) is 0 Å². The Morgan fingerprint density at radius 3 is 2.27 bits per heavy atom. The molecule has 0 aliphatic rings. The molecule has 0 bridgehead atoms. The maximum absolute atomic E-state index is 9.06. The molecule has 0 aromatic carbocycles. The Morgan fingerprint density at radius 2 is 2.00 bits per heavy atom. The van der Waals surface area contributed by atoms with Gasteiger partial charge in [0.15, 0.2) is 0 Å². The van der Waals surface area contributed by atoms with Gasteiger partial charge in [0.05, 0.1) is 12.9 Å². The van der Waals surface area contributed by atoms with Gasteiger partial charge in [0.25, 0.3) is 0 Å². The molecule has 2 heteroatoms. The van der Waals surface area contributed by atoms with E-state index in [1.165, 1.54) is 18.8 Å². The molecule has 2 nitrogen and oxygen atoms in total. The minimum Gasteiger partial charge on any atom is -0.502 e. The number of rotatable bonds is 5. The van der Waals surface area contributed by atoms with Gasteiger partial charge in [-0.15, -0.1) is 0 Å². The fraction of sp³-hybridized carbons (Fsp3) is 0.444. The van der Waals surface area contributed by atoms with E-state index in [9.17, 15) is 0 Å². The molecule has 0 heterocycles. The number of allylic oxidation sites excluding steroid dienone is 1. The first-order valence-corrected chi connectivity index (χ1v) is 3.62. The first kappa shape index (κ1) is 12.6. The van der Waals surface area contributed by atoms with Crippen LogP contribution in [0.5, 0.6) is 0 Å². The Hall–Kier alpha value is -1.05. The van der Waals surface area contributed by atoms with Crippen LogP contribution in [-0.2, 0) is 9.53 Å². The number of ether oxygens (including phenoxy) is 1. The number of hydrogen-bond donors (Lipinski definition) is 0. The molecule has 0 spiro atoms. The summed E-state index contributed by atoms with van der Waals surface area (Å²) in [7, 11) is 0. The van der Waals surface area contributed by atoms with Crippen molar-refractivity contribution in [2.75, 3.05) is 6.61 Å². The summed E-state index contributed by atoms with van der Waals surface area (Å²) in [4.78, 5) is 9.06. The SMILES string of the molecule is C=CC=O.C=COCCCC. The van der Waals surface area contributed by atoms with E-state index in [-0.39, 0.29) is 0 Å². The minimum absolute atomic E-state index is 0.639. The van der Waals surface area contributed by atoms with Crippen molar-refractivity contribution in [2.24, 2.45) is 0 Å². The largest absolute Gasteiger partial charge is 0.502 e. The first-order valence-electron chi connectivity index (χ1n) is 3.62. The summed E-state index contributed by atoms with van der Waals surface area (Å²) < 4.78 is 4.84. The summed E-state index contributed by atoms with van der Waals surface area (Å²) in [5.41, 5.74) is 0.